The molecule has 0 bridgehead atoms. The number of ether oxygens (including phenoxy) is 6. The Kier molecular flexibility index (Phi) is 13.6. The number of hydrogen-bond donors (Lipinski definition) is 5. The topological polar surface area (TPSA) is 234 Å². The number of likely N-dealkylation sites (tertiary alicyclic amines) is 1. The predicted molar refractivity (Wildman–Crippen MR) is 220 cm³/mol. The molecule has 324 valence electrons. The number of methoxy groups -OCH3 is 1. The lowest BCUT2D eigenvalue weighted by Crippen LogP contribution is -2.49. The SMILES string of the molecule is COc1cccc2c1C(=O)c1c(O)c3c(c(O)c1C2=O)C[C@@](O)(C(=O)COC1CCCC(COCC(=O)NCCN2C(=O)CC(S)C2=O)O1)C[C@@H]3O[C@H]1C[C@H](I)C[C@H](C)O1. The molecule has 60 heavy (non-hydrogen) atoms. The van der Waals surface area contributed by atoms with Crippen LogP contribution in [-0.4, -0.2) is 135 Å². The van der Waals surface area contributed by atoms with Crippen molar-refractivity contribution < 1.29 is 72.5 Å². The van der Waals surface area contributed by atoms with Gasteiger partial charge in [0.15, 0.2) is 24.1 Å². The first-order valence-corrected chi connectivity index (χ1v) is 21.6. The van der Waals surface area contributed by atoms with Gasteiger partial charge in [0.2, 0.25) is 23.5 Å². The third-order valence-corrected chi connectivity index (χ3v) is 12.9. The van der Waals surface area contributed by atoms with Crippen LogP contribution in [0.5, 0.6) is 17.2 Å². The molecule has 0 radical (unpaired) electrons. The van der Waals surface area contributed by atoms with E-state index in [9.17, 15) is 44.1 Å². The van der Waals surface area contributed by atoms with Gasteiger partial charge in [-0.3, -0.25) is 33.7 Å². The van der Waals surface area contributed by atoms with Gasteiger partial charge in [-0.1, -0.05) is 34.7 Å². The number of aromatic hydroxyl groups is 2. The number of hydrogen-bond acceptors (Lipinski definition) is 16. The smallest absolute Gasteiger partial charge is 0.246 e. The van der Waals surface area contributed by atoms with E-state index in [2.05, 4.69) is 40.5 Å². The van der Waals surface area contributed by atoms with Gasteiger partial charge in [0.05, 0.1) is 54.0 Å². The molecule has 7 rings (SSSR count). The number of rotatable bonds is 14. The van der Waals surface area contributed by atoms with Crippen LogP contribution in [0.3, 0.4) is 0 Å². The number of phenols is 2. The van der Waals surface area contributed by atoms with Gasteiger partial charge in [0.25, 0.3) is 0 Å². The quantitative estimate of drug-likeness (QED) is 0.0514. The van der Waals surface area contributed by atoms with Crippen molar-refractivity contribution in [3.8, 4) is 17.2 Å². The van der Waals surface area contributed by atoms with Gasteiger partial charge in [-0.15, -0.1) is 0 Å². The molecule has 8 atom stereocenters. The number of phenolic OH excluding ortho intramolecular Hbond substituents is 2. The van der Waals surface area contributed by atoms with Crippen molar-refractivity contribution in [2.75, 3.05) is 40.0 Å². The monoisotopic (exact) mass is 966 g/mol. The van der Waals surface area contributed by atoms with E-state index in [0.717, 1.165) is 11.3 Å². The number of alkyl halides is 1. The minimum absolute atomic E-state index is 0.0244. The van der Waals surface area contributed by atoms with Gasteiger partial charge in [0.1, 0.15) is 36.1 Å². The predicted octanol–water partition coefficient (Wildman–Crippen LogP) is 2.62. The zero-order valence-corrected chi connectivity index (χ0v) is 36.0. The van der Waals surface area contributed by atoms with Gasteiger partial charge in [-0.25, -0.2) is 0 Å². The summed E-state index contributed by atoms with van der Waals surface area (Å²) >= 11 is 6.37. The average Bonchev–Trinajstić information content (AvgIpc) is 3.45. The summed E-state index contributed by atoms with van der Waals surface area (Å²) in [6.07, 6.45) is -1.66. The van der Waals surface area contributed by atoms with E-state index in [1.165, 1.54) is 25.3 Å². The first kappa shape index (κ1) is 44.4. The lowest BCUT2D eigenvalue weighted by atomic mass is 9.72. The first-order valence-electron chi connectivity index (χ1n) is 19.8. The van der Waals surface area contributed by atoms with Crippen LogP contribution in [0.15, 0.2) is 18.2 Å². The van der Waals surface area contributed by atoms with E-state index < -0.39 is 107 Å². The maximum Gasteiger partial charge on any atom is 0.246 e. The van der Waals surface area contributed by atoms with Crippen LogP contribution in [0.25, 0.3) is 0 Å². The lowest BCUT2D eigenvalue weighted by molar-refractivity contribution is -0.223. The number of imide groups is 1. The Labute approximate surface area is 364 Å². The fourth-order valence-electron chi connectivity index (χ4n) is 8.51. The Morgan fingerprint density at radius 1 is 1.02 bits per heavy atom. The number of nitrogens with one attached hydrogen (secondary N) is 1. The molecule has 4 N–H and O–H groups in total. The van der Waals surface area contributed by atoms with Crippen LogP contribution in [-0.2, 0) is 49.3 Å². The minimum Gasteiger partial charge on any atom is -0.507 e. The fraction of sp³-hybridized carbons (Fsp3) is 0.561. The van der Waals surface area contributed by atoms with Gasteiger partial charge < -0.3 is 49.1 Å². The third-order valence-electron chi connectivity index (χ3n) is 11.5. The Bertz CT molecular complexity index is 2070. The number of carbonyl (C=O) groups excluding carboxylic acids is 6. The first-order chi connectivity index (χ1) is 28.6. The summed E-state index contributed by atoms with van der Waals surface area (Å²) in [7, 11) is 1.34. The molecule has 3 amide bonds. The van der Waals surface area contributed by atoms with E-state index in [0.29, 0.717) is 25.7 Å². The maximum absolute atomic E-state index is 14.0. The van der Waals surface area contributed by atoms with Crippen molar-refractivity contribution >= 4 is 70.3 Å². The van der Waals surface area contributed by atoms with Crippen LogP contribution >= 0.6 is 35.2 Å². The molecule has 0 aromatic heterocycles. The van der Waals surface area contributed by atoms with Crippen LogP contribution in [0.4, 0.5) is 0 Å². The van der Waals surface area contributed by atoms with E-state index in [1.807, 2.05) is 6.92 Å². The number of amides is 3. The van der Waals surface area contributed by atoms with Crippen LogP contribution < -0.4 is 10.1 Å². The van der Waals surface area contributed by atoms with Crippen molar-refractivity contribution in [3.05, 3.63) is 51.6 Å². The third kappa shape index (κ3) is 8.95. The minimum atomic E-state index is -2.23. The molecule has 2 aromatic carbocycles. The second kappa shape index (κ2) is 18.3. The Morgan fingerprint density at radius 2 is 1.78 bits per heavy atom. The van der Waals surface area contributed by atoms with E-state index >= 15 is 0 Å². The Balaban J connectivity index is 1.02. The highest BCUT2D eigenvalue weighted by atomic mass is 127. The summed E-state index contributed by atoms with van der Waals surface area (Å²) in [5, 5.41) is 37.7. The molecule has 3 aliphatic heterocycles. The number of fused-ring (bicyclic) bond motifs is 3. The zero-order chi connectivity index (χ0) is 43.0. The van der Waals surface area contributed by atoms with E-state index in [1.54, 1.807) is 0 Å². The van der Waals surface area contributed by atoms with Gasteiger partial charge in [-0.2, -0.15) is 12.6 Å². The van der Waals surface area contributed by atoms with Crippen molar-refractivity contribution in [2.24, 2.45) is 0 Å². The van der Waals surface area contributed by atoms with Gasteiger partial charge in [0, 0.05) is 59.4 Å². The number of ketones is 3. The van der Waals surface area contributed by atoms with Gasteiger partial charge >= 0.3 is 0 Å². The van der Waals surface area contributed by atoms with Crippen molar-refractivity contribution in [2.45, 2.75) is 104 Å². The summed E-state index contributed by atoms with van der Waals surface area (Å²) in [6, 6.07) is 4.44. The van der Waals surface area contributed by atoms with Crippen LogP contribution in [0.1, 0.15) is 101 Å². The van der Waals surface area contributed by atoms with Crippen molar-refractivity contribution in [1.29, 1.82) is 0 Å². The molecule has 19 heteroatoms. The number of carbonyl (C=O) groups is 6. The standard InChI is InChI=1S/C41H47IN2O15S/c1-19-11-20(42)12-31(57-19)59-25-15-41(53,14-23-33(25)39(51)35-34(37(23)49)36(48)22-6-4-7-24(54-2)32(22)38(35)50)27(45)17-56-30-8-3-5-21(58-30)16-55-18-28(46)43-9-10-44-29(47)13-26(60)40(44)52/h4,6-7,19-21,25-26,30-31,49,51,53,60H,3,5,8-18H2,1-2H3,(H,43,46)/t19-,20+,21?,25-,26?,30?,31-,41-/m0/s1. The molecule has 3 unspecified atom stereocenters. The molecule has 0 saturated carbocycles. The Hall–Kier alpha value is -3.70. The largest absolute Gasteiger partial charge is 0.507 e. The summed E-state index contributed by atoms with van der Waals surface area (Å²) < 4.78 is 35.4. The summed E-state index contributed by atoms with van der Waals surface area (Å²) in [6.45, 7) is 1.11. The molecular formula is C41H47IN2O15S. The highest BCUT2D eigenvalue weighted by Gasteiger charge is 2.50. The average molecular weight is 967 g/mol. The van der Waals surface area contributed by atoms with Crippen molar-refractivity contribution in [3.63, 3.8) is 0 Å². The lowest BCUT2D eigenvalue weighted by Gasteiger charge is -2.41. The van der Waals surface area contributed by atoms with Crippen LogP contribution in [0.2, 0.25) is 0 Å². The number of halogens is 1. The molecular weight excluding hydrogens is 919 g/mol. The summed E-state index contributed by atoms with van der Waals surface area (Å²) in [5.74, 6) is -4.62. The van der Waals surface area contributed by atoms with E-state index in [-0.39, 0.29) is 76.7 Å². The number of Topliss-reactive ketones (excluding diaryl/α,β-unsaturated/α-hetero) is 1. The second-order valence-corrected chi connectivity index (χ2v) is 18.1. The highest BCUT2D eigenvalue weighted by molar-refractivity contribution is 14.1. The van der Waals surface area contributed by atoms with Crippen LogP contribution in [0, 0.1) is 0 Å². The van der Waals surface area contributed by atoms with E-state index in [4.69, 9.17) is 28.4 Å². The molecule has 3 fully saturated rings. The summed E-state index contributed by atoms with van der Waals surface area (Å²) in [4.78, 5) is 79.2. The molecule has 2 aromatic rings. The molecule has 5 aliphatic rings. The summed E-state index contributed by atoms with van der Waals surface area (Å²) in [5.41, 5.74) is -3.38. The fourth-order valence-corrected chi connectivity index (χ4v) is 9.93. The number of nitrogens with zero attached hydrogens (tertiary/aromatic N) is 1. The highest BCUT2D eigenvalue weighted by Crippen LogP contribution is 2.52. The maximum atomic E-state index is 14.0. The molecule has 3 heterocycles. The second-order valence-electron chi connectivity index (χ2n) is 15.7. The molecule has 2 aliphatic carbocycles. The molecule has 0 spiro atoms. The molecule has 3 saturated heterocycles. The molecule has 17 nitrogen and oxygen atoms in total. The number of aliphatic hydroxyl groups is 1. The number of benzene rings is 2. The van der Waals surface area contributed by atoms with Crippen molar-refractivity contribution in [1.82, 2.24) is 10.2 Å². The Morgan fingerprint density at radius 3 is 2.50 bits per heavy atom. The normalized spacial score (nSPS) is 28.9. The van der Waals surface area contributed by atoms with Gasteiger partial charge in [-0.05, 0) is 38.7 Å². The zero-order valence-electron chi connectivity index (χ0n) is 33.0. The number of thiol groups is 1.